The molecule has 17 heteroatoms. The predicted octanol–water partition coefficient (Wildman–Crippen LogP) is 2.00. The molecule has 2 aromatic carbocycles. The van der Waals surface area contributed by atoms with Crippen molar-refractivity contribution in [3.8, 4) is 16.9 Å². The van der Waals surface area contributed by atoms with Crippen LogP contribution in [0.15, 0.2) is 59.8 Å². The number of unbranched alkanes of at least 4 members (excludes halogenated alkanes) is 1. The van der Waals surface area contributed by atoms with Crippen molar-refractivity contribution in [2.75, 3.05) is 33.4 Å². The molecular weight excluding hydrogens is 733 g/mol. The van der Waals surface area contributed by atoms with Crippen molar-refractivity contribution in [3.63, 3.8) is 0 Å². The first kappa shape index (κ1) is 40.7. The number of rotatable bonds is 20. The van der Waals surface area contributed by atoms with E-state index in [9.17, 15) is 33.6 Å². The third kappa shape index (κ3) is 10.0. The van der Waals surface area contributed by atoms with Crippen molar-refractivity contribution < 1.29 is 47.9 Å². The number of para-hydroxylation sites is 1. The number of hydrogen-bond donors (Lipinski definition) is 8. The fraction of sp³-hybridized carbons (Fsp3) is 0.500. The van der Waals surface area contributed by atoms with Crippen molar-refractivity contribution in [1.29, 1.82) is 0 Å². The van der Waals surface area contributed by atoms with E-state index in [0.29, 0.717) is 12.0 Å². The van der Waals surface area contributed by atoms with Crippen LogP contribution in [0.5, 0.6) is 5.75 Å². The topological polar surface area (TPSA) is 214 Å². The lowest BCUT2D eigenvalue weighted by molar-refractivity contribution is -0.0902. The van der Waals surface area contributed by atoms with Gasteiger partial charge in [0.05, 0.1) is 25.4 Å². The summed E-state index contributed by atoms with van der Waals surface area (Å²) in [7, 11) is -2.94. The van der Waals surface area contributed by atoms with Crippen LogP contribution in [0.1, 0.15) is 49.7 Å². The third-order valence-electron chi connectivity index (χ3n) is 9.53. The molecule has 1 heterocycles. The first-order valence-corrected chi connectivity index (χ1v) is 19.3. The van der Waals surface area contributed by atoms with E-state index in [2.05, 4.69) is 20.9 Å². The number of ether oxygens (including phenoxy) is 1. The Labute approximate surface area is 313 Å². The zero-order valence-electron chi connectivity index (χ0n) is 29.3. The zero-order valence-corrected chi connectivity index (χ0v) is 30.9. The summed E-state index contributed by atoms with van der Waals surface area (Å²) < 4.78 is 49.4. The summed E-state index contributed by atoms with van der Waals surface area (Å²) in [6, 6.07) is 9.98. The highest BCUT2D eigenvalue weighted by Gasteiger charge is 2.46. The number of carbonyl (C=O) groups excluding carboxylic acids is 1. The Kier molecular flexibility index (Phi) is 13.7. The molecule has 2 amide bonds. The van der Waals surface area contributed by atoms with E-state index in [-0.39, 0.29) is 37.2 Å². The maximum atomic E-state index is 15.2. The summed E-state index contributed by atoms with van der Waals surface area (Å²) in [5, 5.41) is 56.2. The molecule has 0 bridgehead atoms. The number of aliphatic hydroxyl groups excluding tert-OH is 5. The first-order valence-electron chi connectivity index (χ1n) is 17.5. The van der Waals surface area contributed by atoms with Gasteiger partial charge >= 0.3 is 6.03 Å². The number of aromatic nitrogens is 1. The molecule has 2 aliphatic rings. The van der Waals surface area contributed by atoms with Crippen LogP contribution in [0.4, 0.5) is 9.18 Å². The van der Waals surface area contributed by atoms with Crippen LogP contribution in [-0.2, 0) is 22.1 Å². The molecule has 1 aromatic heterocycles. The average molecular weight is 780 g/mol. The van der Waals surface area contributed by atoms with Crippen LogP contribution in [0, 0.1) is 5.82 Å². The quantitative estimate of drug-likeness (QED) is 0.0777. The van der Waals surface area contributed by atoms with Gasteiger partial charge in [0.2, 0.25) is 10.0 Å². The Morgan fingerprint density at radius 2 is 1.81 bits per heavy atom. The normalized spacial score (nSPS) is 17.5. The molecule has 2 aliphatic carbocycles. The number of amides is 2. The number of pyridine rings is 1. The van der Waals surface area contributed by atoms with Gasteiger partial charge in [0.15, 0.2) is 0 Å². The number of carbonyl (C=O) groups is 1. The van der Waals surface area contributed by atoms with Crippen LogP contribution in [0.3, 0.4) is 0 Å². The molecule has 2 fully saturated rings. The summed E-state index contributed by atoms with van der Waals surface area (Å²) in [5.74, 6) is -0.174. The van der Waals surface area contributed by atoms with Crippen LogP contribution in [0.2, 0.25) is 5.02 Å². The molecule has 8 N–H and O–H groups in total. The van der Waals surface area contributed by atoms with Crippen molar-refractivity contribution in [3.05, 3.63) is 76.8 Å². The van der Waals surface area contributed by atoms with Crippen molar-refractivity contribution >= 4 is 27.7 Å². The number of urea groups is 1. The molecular formula is C36H47ClFN5O9S. The second-order valence-electron chi connectivity index (χ2n) is 13.5. The fourth-order valence-corrected chi connectivity index (χ4v) is 7.50. The van der Waals surface area contributed by atoms with Crippen LogP contribution >= 0.6 is 11.6 Å². The van der Waals surface area contributed by atoms with Gasteiger partial charge in [-0.1, -0.05) is 29.8 Å². The smallest absolute Gasteiger partial charge is 0.315 e. The maximum Gasteiger partial charge on any atom is 0.315 e. The summed E-state index contributed by atoms with van der Waals surface area (Å²) in [4.78, 5) is 16.1. The standard InChI is InChI=1S/C36H47ClFN5O9S/c1-43(15-5-4-13-40-35(49)42-29(20-44)33(47)34(48)30(46)21-45)53(50,51)32-16-22(27(37)17-28(32)38)18-41-36(11-12-36)26-19-39-14-10-24(26)25-6-2-3-7-31(25)52-23-8-9-23/h2-3,6-7,10,14,16-17,19,23,29-30,33-34,41,44-48H,4-5,8-9,11-13,15,18,20-21H2,1H3,(H2,40,42,49)/t29-,30+,33+,34+/m0/s1. The van der Waals surface area contributed by atoms with Gasteiger partial charge < -0.3 is 46.2 Å². The number of halogens is 2. The summed E-state index contributed by atoms with van der Waals surface area (Å²) >= 11 is 6.45. The summed E-state index contributed by atoms with van der Waals surface area (Å²) in [6.45, 7) is -1.34. The van der Waals surface area contributed by atoms with E-state index in [0.717, 1.165) is 58.5 Å². The van der Waals surface area contributed by atoms with Crippen molar-refractivity contribution in [2.45, 2.75) is 86.0 Å². The van der Waals surface area contributed by atoms with E-state index >= 15 is 4.39 Å². The van der Waals surface area contributed by atoms with Gasteiger partial charge in [-0.25, -0.2) is 21.9 Å². The van der Waals surface area contributed by atoms with Crippen molar-refractivity contribution in [2.24, 2.45) is 0 Å². The summed E-state index contributed by atoms with van der Waals surface area (Å²) in [6.07, 6.45) is 2.82. The number of nitrogens with one attached hydrogen (secondary N) is 3. The van der Waals surface area contributed by atoms with Crippen LogP contribution in [-0.4, -0.2) is 113 Å². The minimum Gasteiger partial charge on any atom is -0.490 e. The Bertz CT molecular complexity index is 1830. The Morgan fingerprint density at radius 1 is 1.08 bits per heavy atom. The zero-order chi connectivity index (χ0) is 38.3. The van der Waals surface area contributed by atoms with E-state index in [1.807, 2.05) is 36.5 Å². The highest BCUT2D eigenvalue weighted by molar-refractivity contribution is 7.89. The molecule has 290 valence electrons. The van der Waals surface area contributed by atoms with Crippen LogP contribution < -0.4 is 20.7 Å². The van der Waals surface area contributed by atoms with E-state index in [1.54, 1.807) is 6.20 Å². The number of hydrogen-bond acceptors (Lipinski definition) is 11. The first-order chi connectivity index (χ1) is 25.3. The molecule has 0 saturated heterocycles. The number of nitrogens with zero attached hydrogens (tertiary/aromatic N) is 2. The lowest BCUT2D eigenvalue weighted by atomic mass is 9.94. The molecule has 0 unspecified atom stereocenters. The fourth-order valence-electron chi connectivity index (χ4n) is 5.98. The molecule has 53 heavy (non-hydrogen) atoms. The monoisotopic (exact) mass is 779 g/mol. The highest BCUT2D eigenvalue weighted by atomic mass is 35.5. The molecule has 0 radical (unpaired) electrons. The van der Waals surface area contributed by atoms with E-state index in [4.69, 9.17) is 21.4 Å². The molecule has 2 saturated carbocycles. The molecule has 5 rings (SSSR count). The van der Waals surface area contributed by atoms with Crippen molar-refractivity contribution in [1.82, 2.24) is 25.2 Å². The van der Waals surface area contributed by atoms with Gasteiger partial charge in [-0.05, 0) is 79.5 Å². The van der Waals surface area contributed by atoms with Gasteiger partial charge in [0.1, 0.15) is 34.8 Å². The lowest BCUT2D eigenvalue weighted by Crippen LogP contribution is -2.56. The maximum absolute atomic E-state index is 15.2. The minimum atomic E-state index is -4.27. The van der Waals surface area contributed by atoms with Gasteiger partial charge in [-0.3, -0.25) is 4.98 Å². The van der Waals surface area contributed by atoms with Gasteiger partial charge in [-0.2, -0.15) is 0 Å². The molecule has 0 spiro atoms. The van der Waals surface area contributed by atoms with E-state index < -0.39 is 69.9 Å². The average Bonchev–Trinajstić information content (AvgIpc) is 4.10. The third-order valence-corrected chi connectivity index (χ3v) is 11.8. The molecule has 14 nitrogen and oxygen atoms in total. The molecule has 4 atom stereocenters. The van der Waals surface area contributed by atoms with E-state index in [1.165, 1.54) is 13.1 Å². The number of aliphatic hydroxyl groups is 5. The largest absolute Gasteiger partial charge is 0.490 e. The van der Waals surface area contributed by atoms with Gasteiger partial charge in [0.25, 0.3) is 0 Å². The summed E-state index contributed by atoms with van der Waals surface area (Å²) in [5.41, 5.74) is 2.89. The molecule has 0 aliphatic heterocycles. The molecule has 3 aromatic rings. The second-order valence-corrected chi connectivity index (χ2v) is 15.9. The number of sulfonamides is 1. The number of benzene rings is 2. The van der Waals surface area contributed by atoms with Gasteiger partial charge in [0, 0.05) is 55.2 Å². The highest BCUT2D eigenvalue weighted by Crippen LogP contribution is 2.50. The predicted molar refractivity (Wildman–Crippen MR) is 194 cm³/mol. The minimum absolute atomic E-state index is 0.00331. The Morgan fingerprint density at radius 3 is 2.49 bits per heavy atom. The Balaban J connectivity index is 1.17. The SMILES string of the molecule is CN(CCCCNC(=O)N[C@@H](CO)[C@@H](O)[C@H](O)[C@H](O)CO)S(=O)(=O)c1cc(CNC2(c3cnccc3-c3ccccc3OC3CC3)CC2)c(Cl)cc1F. The Hall–Kier alpha value is -3.45. The van der Waals surface area contributed by atoms with Gasteiger partial charge in [-0.15, -0.1) is 0 Å². The second kappa shape index (κ2) is 17.8. The lowest BCUT2D eigenvalue weighted by Gasteiger charge is -2.28. The van der Waals surface area contributed by atoms with Crippen LogP contribution in [0.25, 0.3) is 11.1 Å².